The van der Waals surface area contributed by atoms with Gasteiger partial charge in [0.1, 0.15) is 6.61 Å². The molecule has 24 heavy (non-hydrogen) atoms. The van der Waals surface area contributed by atoms with Crippen molar-refractivity contribution in [1.29, 1.82) is 0 Å². The zero-order chi connectivity index (χ0) is 17.3. The third-order valence-corrected chi connectivity index (χ3v) is 4.58. The average molecular weight is 324 g/mol. The number of para-hydroxylation sites is 2. The normalized spacial score (nSPS) is 15.0. The number of likely N-dealkylation sites (N-methyl/N-ethyl adjacent to an activating group) is 1. The first-order valence-corrected chi connectivity index (χ1v) is 8.23. The van der Waals surface area contributed by atoms with E-state index in [2.05, 4.69) is 26.0 Å². The van der Waals surface area contributed by atoms with Gasteiger partial charge in [-0.25, -0.2) is 9.69 Å². The van der Waals surface area contributed by atoms with Crippen LogP contribution in [0.4, 0.5) is 16.2 Å². The quantitative estimate of drug-likeness (QED) is 0.850. The van der Waals surface area contributed by atoms with Gasteiger partial charge in [-0.3, -0.25) is 0 Å². The highest BCUT2D eigenvalue weighted by Gasteiger charge is 2.38. The van der Waals surface area contributed by atoms with Gasteiger partial charge in [0, 0.05) is 12.0 Å². The fraction of sp³-hybridized carbons (Fsp3) is 0.350. The molecule has 2 aromatic carbocycles. The molecule has 0 saturated heterocycles. The van der Waals surface area contributed by atoms with Crippen molar-refractivity contribution in [3.05, 3.63) is 59.7 Å². The summed E-state index contributed by atoms with van der Waals surface area (Å²) in [4.78, 5) is 16.5. The maximum absolute atomic E-state index is 12.8. The lowest BCUT2D eigenvalue weighted by Crippen LogP contribution is -2.37. The van der Waals surface area contributed by atoms with Gasteiger partial charge in [-0.2, -0.15) is 0 Å². The van der Waals surface area contributed by atoms with Crippen molar-refractivity contribution in [2.75, 3.05) is 32.1 Å². The van der Waals surface area contributed by atoms with E-state index in [1.54, 1.807) is 4.90 Å². The molecule has 126 valence electrons. The van der Waals surface area contributed by atoms with Gasteiger partial charge in [0.15, 0.2) is 0 Å². The van der Waals surface area contributed by atoms with Gasteiger partial charge in [0.05, 0.1) is 11.4 Å². The van der Waals surface area contributed by atoms with E-state index >= 15 is 0 Å². The van der Waals surface area contributed by atoms with E-state index in [1.165, 1.54) is 0 Å². The Morgan fingerprint density at radius 2 is 1.50 bits per heavy atom. The number of amides is 1. The van der Waals surface area contributed by atoms with E-state index in [9.17, 15) is 4.79 Å². The highest BCUT2D eigenvalue weighted by molar-refractivity contribution is 6.00. The molecule has 4 heteroatoms. The second-order valence-electron chi connectivity index (χ2n) is 6.91. The summed E-state index contributed by atoms with van der Waals surface area (Å²) < 4.78 is 5.52. The van der Waals surface area contributed by atoms with Gasteiger partial charge in [-0.05, 0) is 37.4 Å². The Morgan fingerprint density at radius 1 is 1.00 bits per heavy atom. The highest BCUT2D eigenvalue weighted by atomic mass is 16.6. The van der Waals surface area contributed by atoms with Crippen LogP contribution in [0.2, 0.25) is 0 Å². The lowest BCUT2D eigenvalue weighted by atomic mass is 9.74. The maximum atomic E-state index is 12.8. The van der Waals surface area contributed by atoms with Crippen molar-refractivity contribution in [3.8, 4) is 0 Å². The predicted molar refractivity (Wildman–Crippen MR) is 97.1 cm³/mol. The van der Waals surface area contributed by atoms with E-state index in [-0.39, 0.29) is 11.5 Å². The minimum absolute atomic E-state index is 0.159. The topological polar surface area (TPSA) is 32.8 Å². The fourth-order valence-electron chi connectivity index (χ4n) is 3.25. The van der Waals surface area contributed by atoms with E-state index < -0.39 is 0 Å². The van der Waals surface area contributed by atoms with Gasteiger partial charge >= 0.3 is 6.09 Å². The van der Waals surface area contributed by atoms with Crippen molar-refractivity contribution >= 4 is 17.5 Å². The summed E-state index contributed by atoms with van der Waals surface area (Å²) in [5.41, 5.74) is 3.90. The van der Waals surface area contributed by atoms with Crippen LogP contribution >= 0.6 is 0 Å². The molecule has 3 rings (SSSR count). The number of ether oxygens (including phenoxy) is 1. The molecule has 0 aromatic heterocycles. The summed E-state index contributed by atoms with van der Waals surface area (Å²) in [6.45, 7) is 5.46. The monoisotopic (exact) mass is 324 g/mol. The fourth-order valence-corrected chi connectivity index (χ4v) is 3.25. The number of hydrogen-bond donors (Lipinski definition) is 0. The summed E-state index contributed by atoms with van der Waals surface area (Å²) in [7, 11) is 3.92. The number of carbonyl (C=O) groups is 1. The van der Waals surface area contributed by atoms with Crippen LogP contribution in [0.1, 0.15) is 25.0 Å². The summed E-state index contributed by atoms with van der Waals surface area (Å²) >= 11 is 0. The first kappa shape index (κ1) is 16.5. The van der Waals surface area contributed by atoms with Gasteiger partial charge in [0.25, 0.3) is 0 Å². The lowest BCUT2D eigenvalue weighted by molar-refractivity contribution is 0.146. The molecular weight excluding hydrogens is 300 g/mol. The van der Waals surface area contributed by atoms with Crippen molar-refractivity contribution in [3.63, 3.8) is 0 Å². The zero-order valence-corrected chi connectivity index (χ0v) is 14.7. The van der Waals surface area contributed by atoms with Crippen molar-refractivity contribution in [2.24, 2.45) is 0 Å². The lowest BCUT2D eigenvalue weighted by Gasteiger charge is -2.40. The van der Waals surface area contributed by atoms with E-state index in [0.717, 1.165) is 22.5 Å². The molecule has 0 saturated carbocycles. The van der Waals surface area contributed by atoms with Crippen molar-refractivity contribution in [1.82, 2.24) is 4.90 Å². The van der Waals surface area contributed by atoms with Crippen LogP contribution < -0.4 is 4.90 Å². The Labute approximate surface area is 143 Å². The Balaban J connectivity index is 2.03. The molecule has 2 aromatic rings. The SMILES string of the molecule is CN(C)CCOC(=O)N1c2ccccc2C(C)(C)c2ccccc21. The molecule has 0 unspecified atom stereocenters. The Bertz CT molecular complexity index is 703. The number of carbonyl (C=O) groups excluding carboxylic acids is 1. The first-order valence-electron chi connectivity index (χ1n) is 8.23. The second-order valence-corrected chi connectivity index (χ2v) is 6.91. The van der Waals surface area contributed by atoms with Crippen LogP contribution in [-0.2, 0) is 10.2 Å². The summed E-state index contributed by atoms with van der Waals surface area (Å²) in [6, 6.07) is 16.1. The molecule has 0 spiro atoms. The van der Waals surface area contributed by atoms with Crippen LogP contribution in [0.25, 0.3) is 0 Å². The minimum atomic E-state index is -0.327. The second kappa shape index (κ2) is 6.29. The number of nitrogens with zero attached hydrogens (tertiary/aromatic N) is 2. The highest BCUT2D eigenvalue weighted by Crippen LogP contribution is 2.48. The third kappa shape index (κ3) is 2.78. The standard InChI is InChI=1S/C20H24N2O2/c1-20(2)15-9-5-7-11-17(15)22(18-12-8-6-10-16(18)20)19(23)24-14-13-21(3)4/h5-12H,13-14H2,1-4H3. The molecule has 4 nitrogen and oxygen atoms in total. The van der Waals surface area contributed by atoms with E-state index in [1.807, 2.05) is 55.4 Å². The predicted octanol–water partition coefficient (Wildman–Crippen LogP) is 4.16. The molecule has 1 amide bonds. The van der Waals surface area contributed by atoms with Gasteiger partial charge in [0.2, 0.25) is 0 Å². The van der Waals surface area contributed by atoms with Gasteiger partial charge in [-0.15, -0.1) is 0 Å². The number of benzene rings is 2. The van der Waals surface area contributed by atoms with Crippen molar-refractivity contribution in [2.45, 2.75) is 19.3 Å². The molecule has 1 heterocycles. The minimum Gasteiger partial charge on any atom is -0.448 e. The molecule has 0 atom stereocenters. The van der Waals surface area contributed by atoms with Crippen molar-refractivity contribution < 1.29 is 9.53 Å². The molecule has 1 aliphatic heterocycles. The summed E-state index contributed by atoms with van der Waals surface area (Å²) in [5.74, 6) is 0. The molecular formula is C20H24N2O2. The third-order valence-electron chi connectivity index (χ3n) is 4.58. The van der Waals surface area contributed by atoms with Crippen LogP contribution in [-0.4, -0.2) is 38.2 Å². The summed E-state index contributed by atoms with van der Waals surface area (Å²) in [5, 5.41) is 0. The van der Waals surface area contributed by atoms with Crippen LogP contribution in [0.15, 0.2) is 48.5 Å². The van der Waals surface area contributed by atoms with Crippen LogP contribution in [0, 0.1) is 0 Å². The molecule has 0 radical (unpaired) electrons. The molecule has 1 aliphatic rings. The number of anilines is 2. The number of fused-ring (bicyclic) bond motifs is 2. The average Bonchev–Trinajstić information content (AvgIpc) is 2.55. The van der Waals surface area contributed by atoms with E-state index in [4.69, 9.17) is 4.74 Å². The smallest absolute Gasteiger partial charge is 0.419 e. The Kier molecular flexibility index (Phi) is 4.33. The number of rotatable bonds is 3. The van der Waals surface area contributed by atoms with Crippen LogP contribution in [0.3, 0.4) is 0 Å². The van der Waals surface area contributed by atoms with E-state index in [0.29, 0.717) is 13.2 Å². The maximum Gasteiger partial charge on any atom is 0.419 e. The van der Waals surface area contributed by atoms with Crippen LogP contribution in [0.5, 0.6) is 0 Å². The Hall–Kier alpha value is -2.33. The number of hydrogen-bond acceptors (Lipinski definition) is 3. The molecule has 0 aliphatic carbocycles. The molecule has 0 bridgehead atoms. The molecule has 0 N–H and O–H groups in total. The van der Waals surface area contributed by atoms with Gasteiger partial charge in [-0.1, -0.05) is 50.2 Å². The summed E-state index contributed by atoms with van der Waals surface area (Å²) in [6.07, 6.45) is -0.327. The first-order chi connectivity index (χ1) is 11.4. The van der Waals surface area contributed by atoms with Gasteiger partial charge < -0.3 is 9.64 Å². The molecule has 0 fully saturated rings. The zero-order valence-electron chi connectivity index (χ0n) is 14.7. The Morgan fingerprint density at radius 3 is 2.00 bits per heavy atom. The largest absolute Gasteiger partial charge is 0.448 e.